The summed E-state index contributed by atoms with van der Waals surface area (Å²) in [5.41, 5.74) is 2.74. The molecule has 1 heterocycles. The zero-order valence-corrected chi connectivity index (χ0v) is 19.9. The van der Waals surface area contributed by atoms with E-state index in [-0.39, 0.29) is 22.6 Å². The molecular weight excluding hydrogens is 424 g/mol. The first kappa shape index (κ1) is 23.9. The number of benzene rings is 2. The minimum absolute atomic E-state index is 0.106. The van der Waals surface area contributed by atoms with Gasteiger partial charge in [-0.15, -0.1) is 0 Å². The Hall–Kier alpha value is -2.71. The number of aliphatic imine (C=N–C) groups is 1. The van der Waals surface area contributed by atoms with Crippen LogP contribution >= 0.6 is 0 Å². The van der Waals surface area contributed by atoms with Gasteiger partial charge in [0.1, 0.15) is 11.9 Å². The summed E-state index contributed by atoms with van der Waals surface area (Å²) in [5, 5.41) is 3.01. The maximum Gasteiger partial charge on any atom is 0.263 e. The summed E-state index contributed by atoms with van der Waals surface area (Å²) >= 11 is 0. The van der Waals surface area contributed by atoms with Crippen molar-refractivity contribution in [2.75, 3.05) is 13.1 Å². The lowest BCUT2D eigenvalue weighted by Crippen LogP contribution is -2.38. The van der Waals surface area contributed by atoms with Crippen molar-refractivity contribution in [3.8, 4) is 0 Å². The number of rotatable bonds is 9. The van der Waals surface area contributed by atoms with Crippen LogP contribution in [0.15, 0.2) is 58.4 Å². The molecule has 7 nitrogen and oxygen atoms in total. The Balaban J connectivity index is 1.78. The van der Waals surface area contributed by atoms with Gasteiger partial charge in [0.05, 0.1) is 4.90 Å². The van der Waals surface area contributed by atoms with E-state index in [1.165, 1.54) is 11.6 Å². The summed E-state index contributed by atoms with van der Waals surface area (Å²) in [6, 6.07) is 14.0. The summed E-state index contributed by atoms with van der Waals surface area (Å²) in [4.78, 5) is 20.1. The number of amidine groups is 1. The van der Waals surface area contributed by atoms with Crippen LogP contribution in [0.2, 0.25) is 0 Å². The van der Waals surface area contributed by atoms with Gasteiger partial charge in [-0.2, -0.15) is 0 Å². The van der Waals surface area contributed by atoms with Crippen LogP contribution in [-0.2, 0) is 27.9 Å². The number of nitrogens with zero attached hydrogens (tertiary/aromatic N) is 2. The van der Waals surface area contributed by atoms with Crippen molar-refractivity contribution in [2.24, 2.45) is 10.9 Å². The van der Waals surface area contributed by atoms with Gasteiger partial charge in [0.25, 0.3) is 10.0 Å². The second-order valence-electron chi connectivity index (χ2n) is 8.22. The Morgan fingerprint density at radius 3 is 2.31 bits per heavy atom. The van der Waals surface area contributed by atoms with Crippen molar-refractivity contribution in [1.29, 1.82) is 0 Å². The summed E-state index contributed by atoms with van der Waals surface area (Å²) in [5.74, 6) is -0.115. The first-order chi connectivity index (χ1) is 15.3. The number of sulfonamides is 1. The molecule has 0 bridgehead atoms. The average Bonchev–Trinajstić information content (AvgIpc) is 3.04. The second kappa shape index (κ2) is 10.3. The third-order valence-corrected chi connectivity index (χ3v) is 7.09. The molecule has 1 atom stereocenters. The molecule has 3 rings (SSSR count). The van der Waals surface area contributed by atoms with Crippen LogP contribution in [0.4, 0.5) is 0 Å². The molecule has 0 saturated heterocycles. The maximum absolute atomic E-state index is 13.1. The Labute approximate surface area is 191 Å². The van der Waals surface area contributed by atoms with Crippen LogP contribution in [0.5, 0.6) is 0 Å². The number of hydrogen-bond donors (Lipinski definition) is 2. The average molecular weight is 457 g/mol. The molecule has 1 amide bonds. The van der Waals surface area contributed by atoms with Crippen molar-refractivity contribution >= 4 is 21.8 Å². The monoisotopic (exact) mass is 456 g/mol. The zero-order chi connectivity index (χ0) is 23.3. The highest BCUT2D eigenvalue weighted by Crippen LogP contribution is 2.23. The second-order valence-corrected chi connectivity index (χ2v) is 9.87. The van der Waals surface area contributed by atoms with E-state index in [0.29, 0.717) is 12.1 Å². The lowest BCUT2D eigenvalue weighted by atomic mass is 10.0. The predicted molar refractivity (Wildman–Crippen MR) is 127 cm³/mol. The number of amides is 1. The highest BCUT2D eigenvalue weighted by Gasteiger charge is 2.32. The van der Waals surface area contributed by atoms with Crippen LogP contribution in [0, 0.1) is 5.92 Å². The first-order valence-corrected chi connectivity index (χ1v) is 12.5. The third-order valence-electron chi connectivity index (χ3n) is 5.69. The normalized spacial score (nSPS) is 16.8. The smallest absolute Gasteiger partial charge is 0.263 e. The van der Waals surface area contributed by atoms with Gasteiger partial charge in [0.15, 0.2) is 0 Å². The minimum Gasteiger partial charge on any atom is -0.350 e. The summed E-state index contributed by atoms with van der Waals surface area (Å²) in [6.07, 6.45) is 0. The third kappa shape index (κ3) is 5.37. The van der Waals surface area contributed by atoms with Gasteiger partial charge in [-0.3, -0.25) is 19.4 Å². The molecule has 0 spiro atoms. The number of nitrogens with one attached hydrogen (secondary N) is 2. The molecule has 1 aliphatic rings. The molecule has 0 aliphatic carbocycles. The van der Waals surface area contributed by atoms with Gasteiger partial charge in [-0.1, -0.05) is 64.1 Å². The van der Waals surface area contributed by atoms with Gasteiger partial charge in [-0.05, 0) is 42.3 Å². The maximum atomic E-state index is 13.1. The fourth-order valence-corrected chi connectivity index (χ4v) is 4.98. The molecule has 2 aromatic carbocycles. The van der Waals surface area contributed by atoms with E-state index in [4.69, 9.17) is 0 Å². The van der Waals surface area contributed by atoms with Crippen molar-refractivity contribution in [2.45, 2.75) is 51.7 Å². The highest BCUT2D eigenvalue weighted by atomic mass is 32.2. The lowest BCUT2D eigenvalue weighted by molar-refractivity contribution is -0.123. The quantitative estimate of drug-likeness (QED) is 0.607. The van der Waals surface area contributed by atoms with Crippen molar-refractivity contribution in [3.05, 3.63) is 65.2 Å². The highest BCUT2D eigenvalue weighted by molar-refractivity contribution is 7.90. The summed E-state index contributed by atoms with van der Waals surface area (Å²) in [6.45, 7) is 11.2. The van der Waals surface area contributed by atoms with Crippen LogP contribution in [-0.4, -0.2) is 44.2 Å². The van der Waals surface area contributed by atoms with E-state index in [0.717, 1.165) is 25.2 Å². The topological polar surface area (TPSA) is 90.9 Å². The number of fused-ring (bicyclic) bond motifs is 1. The Kier molecular flexibility index (Phi) is 7.69. The van der Waals surface area contributed by atoms with E-state index in [9.17, 15) is 13.2 Å². The summed E-state index contributed by atoms with van der Waals surface area (Å²) in [7, 11) is -3.65. The van der Waals surface area contributed by atoms with E-state index >= 15 is 0 Å². The van der Waals surface area contributed by atoms with Crippen molar-refractivity contribution in [3.63, 3.8) is 0 Å². The molecule has 2 N–H and O–H groups in total. The largest absolute Gasteiger partial charge is 0.350 e. The van der Waals surface area contributed by atoms with Crippen LogP contribution in [0.25, 0.3) is 0 Å². The standard InChI is InChI=1S/C24H32N4O3S/c1-5-28(6-2)16-19-12-8-7-11-18(19)15-25-24(29)22(17(3)4)26-23-20-13-9-10-14-21(20)32(30,31)27-23/h7-14,17,22H,5-6,15-16H2,1-4H3,(H,25,29)(H,26,27). The molecule has 8 heteroatoms. The van der Waals surface area contributed by atoms with Gasteiger partial charge in [0, 0.05) is 18.7 Å². The number of carbonyl (C=O) groups is 1. The summed E-state index contributed by atoms with van der Waals surface area (Å²) < 4.78 is 27.2. The van der Waals surface area contributed by atoms with Crippen LogP contribution in [0.3, 0.4) is 0 Å². The van der Waals surface area contributed by atoms with Crippen LogP contribution < -0.4 is 10.0 Å². The molecule has 0 radical (unpaired) electrons. The molecule has 0 saturated carbocycles. The van der Waals surface area contributed by atoms with Crippen molar-refractivity contribution < 1.29 is 13.2 Å². The number of hydrogen-bond acceptors (Lipinski definition) is 5. The predicted octanol–water partition coefficient (Wildman–Crippen LogP) is 2.91. The van der Waals surface area contributed by atoms with E-state index in [2.05, 4.69) is 39.8 Å². The zero-order valence-electron chi connectivity index (χ0n) is 19.1. The Bertz CT molecular complexity index is 1090. The molecule has 0 aromatic heterocycles. The van der Waals surface area contributed by atoms with Crippen LogP contribution in [0.1, 0.15) is 44.4 Å². The molecule has 0 fully saturated rings. The molecule has 1 unspecified atom stereocenters. The SMILES string of the molecule is CCN(CC)Cc1ccccc1CNC(=O)C(N=C1NS(=O)(=O)c2ccccc21)C(C)C. The molecule has 1 aliphatic heterocycles. The minimum atomic E-state index is -3.65. The van der Waals surface area contributed by atoms with E-state index in [1.54, 1.807) is 18.2 Å². The van der Waals surface area contributed by atoms with Crippen molar-refractivity contribution in [1.82, 2.24) is 14.9 Å². The van der Waals surface area contributed by atoms with Gasteiger partial charge >= 0.3 is 0 Å². The van der Waals surface area contributed by atoms with Gasteiger partial charge in [0.2, 0.25) is 5.91 Å². The van der Waals surface area contributed by atoms with Gasteiger partial charge < -0.3 is 5.32 Å². The molecule has 172 valence electrons. The lowest BCUT2D eigenvalue weighted by Gasteiger charge is -2.21. The number of carbonyl (C=O) groups excluding carboxylic acids is 1. The van der Waals surface area contributed by atoms with Gasteiger partial charge in [-0.25, -0.2) is 8.42 Å². The Morgan fingerprint density at radius 2 is 1.66 bits per heavy atom. The van der Waals surface area contributed by atoms with E-state index < -0.39 is 16.1 Å². The fraction of sp³-hybridized carbons (Fsp3) is 0.417. The first-order valence-electron chi connectivity index (χ1n) is 11.0. The van der Waals surface area contributed by atoms with E-state index in [1.807, 2.05) is 32.0 Å². The Morgan fingerprint density at radius 1 is 1.03 bits per heavy atom. The molecule has 32 heavy (non-hydrogen) atoms. The molecule has 2 aromatic rings. The molecular formula is C24H32N4O3S. The fourth-order valence-electron chi connectivity index (χ4n) is 3.74.